The van der Waals surface area contributed by atoms with Crippen LogP contribution < -0.4 is 5.32 Å². The Labute approximate surface area is 138 Å². The maximum absolute atomic E-state index is 10.4. The molecule has 2 aliphatic rings. The number of likely N-dealkylation sites (tertiary alicyclic amines) is 1. The molecule has 1 aromatic carbocycles. The van der Waals surface area contributed by atoms with Gasteiger partial charge in [0.25, 0.3) is 0 Å². The van der Waals surface area contributed by atoms with Crippen molar-refractivity contribution < 1.29 is 5.11 Å². The van der Waals surface area contributed by atoms with Crippen molar-refractivity contribution in [3.63, 3.8) is 0 Å². The van der Waals surface area contributed by atoms with E-state index < -0.39 is 5.60 Å². The van der Waals surface area contributed by atoms with Crippen molar-refractivity contribution in [2.45, 2.75) is 56.7 Å². The van der Waals surface area contributed by atoms with Gasteiger partial charge in [0.2, 0.25) is 0 Å². The van der Waals surface area contributed by atoms with Crippen LogP contribution in [0.5, 0.6) is 0 Å². The molecular weight excluding hydrogens is 296 g/mol. The van der Waals surface area contributed by atoms with Crippen LogP contribution in [0.4, 0.5) is 0 Å². The van der Waals surface area contributed by atoms with Gasteiger partial charge in [0.05, 0.1) is 5.60 Å². The Balaban J connectivity index is 1.42. The fourth-order valence-corrected chi connectivity index (χ4v) is 3.90. The van der Waals surface area contributed by atoms with Crippen LogP contribution in [0.3, 0.4) is 0 Å². The minimum atomic E-state index is -0.436. The highest BCUT2D eigenvalue weighted by atomic mass is 35.5. The molecule has 0 spiro atoms. The molecule has 3 nitrogen and oxygen atoms in total. The van der Waals surface area contributed by atoms with Crippen molar-refractivity contribution >= 4 is 11.6 Å². The van der Waals surface area contributed by atoms with Gasteiger partial charge in [0.1, 0.15) is 0 Å². The van der Waals surface area contributed by atoms with Gasteiger partial charge in [0.15, 0.2) is 0 Å². The van der Waals surface area contributed by atoms with Crippen LogP contribution in [0, 0.1) is 0 Å². The lowest BCUT2D eigenvalue weighted by Gasteiger charge is -2.34. The first-order valence-electron chi connectivity index (χ1n) is 8.56. The van der Waals surface area contributed by atoms with Crippen molar-refractivity contribution in [2.24, 2.45) is 0 Å². The molecule has 0 unspecified atom stereocenters. The molecule has 1 saturated heterocycles. The molecule has 1 heterocycles. The van der Waals surface area contributed by atoms with Crippen LogP contribution in [-0.4, -0.2) is 41.3 Å². The number of hydrogen-bond acceptors (Lipinski definition) is 3. The van der Waals surface area contributed by atoms with Gasteiger partial charge >= 0.3 is 0 Å². The summed E-state index contributed by atoms with van der Waals surface area (Å²) in [6.45, 7) is 3.90. The number of aliphatic hydroxyl groups is 1. The van der Waals surface area contributed by atoms with Gasteiger partial charge in [-0.15, -0.1) is 0 Å². The van der Waals surface area contributed by atoms with Crippen molar-refractivity contribution in [3.05, 3.63) is 34.9 Å². The fraction of sp³-hybridized carbons (Fsp3) is 0.667. The molecule has 1 aliphatic heterocycles. The predicted molar refractivity (Wildman–Crippen MR) is 91.2 cm³/mol. The highest BCUT2D eigenvalue weighted by Gasteiger charge is 2.31. The molecular formula is C18H27ClN2O. The van der Waals surface area contributed by atoms with E-state index in [0.717, 1.165) is 56.9 Å². The van der Waals surface area contributed by atoms with Crippen molar-refractivity contribution in [2.75, 3.05) is 19.6 Å². The summed E-state index contributed by atoms with van der Waals surface area (Å²) in [6.07, 6.45) is 6.58. The first kappa shape index (κ1) is 16.3. The maximum atomic E-state index is 10.4. The van der Waals surface area contributed by atoms with Crippen LogP contribution in [0.2, 0.25) is 5.02 Å². The van der Waals surface area contributed by atoms with Crippen molar-refractivity contribution in [3.8, 4) is 0 Å². The lowest BCUT2D eigenvalue weighted by molar-refractivity contribution is 0.0415. The van der Waals surface area contributed by atoms with Gasteiger partial charge in [-0.2, -0.15) is 0 Å². The standard InChI is InChI=1S/C18H27ClN2O/c19-17-6-2-1-5-15(17)13-21-11-7-16(8-12-21)20-14-18(22)9-3-4-10-18/h1-2,5-6,16,20,22H,3-4,7-14H2. The topological polar surface area (TPSA) is 35.5 Å². The van der Waals surface area contributed by atoms with Crippen LogP contribution in [-0.2, 0) is 6.54 Å². The van der Waals surface area contributed by atoms with Gasteiger partial charge in [-0.05, 0) is 50.4 Å². The van der Waals surface area contributed by atoms with Gasteiger partial charge in [-0.3, -0.25) is 4.90 Å². The molecule has 0 bridgehead atoms. The van der Waals surface area contributed by atoms with Crippen LogP contribution in [0.25, 0.3) is 0 Å². The number of piperidine rings is 1. The second-order valence-corrected chi connectivity index (χ2v) is 7.36. The number of rotatable bonds is 5. The van der Waals surface area contributed by atoms with Crippen LogP contribution >= 0.6 is 11.6 Å². The summed E-state index contributed by atoms with van der Waals surface area (Å²) in [6, 6.07) is 8.66. The van der Waals surface area contributed by atoms with Crippen molar-refractivity contribution in [1.29, 1.82) is 0 Å². The third-order valence-electron chi connectivity index (χ3n) is 5.19. The smallest absolute Gasteiger partial charge is 0.0771 e. The maximum Gasteiger partial charge on any atom is 0.0771 e. The summed E-state index contributed by atoms with van der Waals surface area (Å²) in [7, 11) is 0. The second kappa shape index (κ2) is 7.31. The Kier molecular flexibility index (Phi) is 5.40. The quantitative estimate of drug-likeness (QED) is 0.874. The molecule has 1 aromatic rings. The van der Waals surface area contributed by atoms with E-state index in [9.17, 15) is 5.11 Å². The van der Waals surface area contributed by atoms with Gasteiger partial charge in [0, 0.05) is 24.2 Å². The van der Waals surface area contributed by atoms with E-state index in [0.29, 0.717) is 6.04 Å². The minimum absolute atomic E-state index is 0.436. The first-order chi connectivity index (χ1) is 10.6. The first-order valence-corrected chi connectivity index (χ1v) is 8.94. The zero-order valence-electron chi connectivity index (χ0n) is 13.2. The summed E-state index contributed by atoms with van der Waals surface area (Å²) in [5.74, 6) is 0. The van der Waals surface area contributed by atoms with E-state index in [1.165, 1.54) is 18.4 Å². The zero-order valence-corrected chi connectivity index (χ0v) is 14.0. The summed E-state index contributed by atoms with van der Waals surface area (Å²) >= 11 is 6.24. The van der Waals surface area contributed by atoms with E-state index in [1.807, 2.05) is 12.1 Å². The number of nitrogens with zero attached hydrogens (tertiary/aromatic N) is 1. The summed E-state index contributed by atoms with van der Waals surface area (Å²) in [4.78, 5) is 2.48. The molecule has 0 amide bonds. The number of benzene rings is 1. The van der Waals surface area contributed by atoms with Gasteiger partial charge in [-0.1, -0.05) is 42.6 Å². The normalized spacial score (nSPS) is 23.0. The van der Waals surface area contributed by atoms with Gasteiger partial charge in [-0.25, -0.2) is 0 Å². The second-order valence-electron chi connectivity index (χ2n) is 6.95. The zero-order chi connectivity index (χ0) is 15.4. The van der Waals surface area contributed by atoms with E-state index in [2.05, 4.69) is 22.3 Å². The van der Waals surface area contributed by atoms with E-state index >= 15 is 0 Å². The molecule has 0 atom stereocenters. The lowest BCUT2D eigenvalue weighted by atomic mass is 9.99. The number of hydrogen-bond donors (Lipinski definition) is 2. The minimum Gasteiger partial charge on any atom is -0.389 e. The summed E-state index contributed by atoms with van der Waals surface area (Å²) in [5.41, 5.74) is 0.783. The van der Waals surface area contributed by atoms with Crippen LogP contribution in [0.1, 0.15) is 44.1 Å². The monoisotopic (exact) mass is 322 g/mol. The molecule has 22 heavy (non-hydrogen) atoms. The summed E-state index contributed by atoms with van der Waals surface area (Å²) in [5, 5.41) is 14.9. The molecule has 2 fully saturated rings. The fourth-order valence-electron chi connectivity index (χ4n) is 3.71. The molecule has 0 aromatic heterocycles. The highest BCUT2D eigenvalue weighted by Crippen LogP contribution is 2.29. The van der Waals surface area contributed by atoms with Gasteiger partial charge < -0.3 is 10.4 Å². The molecule has 0 radical (unpaired) electrons. The lowest BCUT2D eigenvalue weighted by Crippen LogP contribution is -2.47. The summed E-state index contributed by atoms with van der Waals surface area (Å²) < 4.78 is 0. The van der Waals surface area contributed by atoms with Crippen LogP contribution in [0.15, 0.2) is 24.3 Å². The third-order valence-corrected chi connectivity index (χ3v) is 5.56. The molecule has 2 N–H and O–H groups in total. The Morgan fingerprint density at radius 2 is 1.86 bits per heavy atom. The Hall–Kier alpha value is -0.610. The van der Waals surface area contributed by atoms with Crippen molar-refractivity contribution in [1.82, 2.24) is 10.2 Å². The third kappa shape index (κ3) is 4.23. The number of halogens is 1. The van der Waals surface area contributed by atoms with E-state index in [-0.39, 0.29) is 0 Å². The largest absolute Gasteiger partial charge is 0.389 e. The highest BCUT2D eigenvalue weighted by molar-refractivity contribution is 6.31. The SMILES string of the molecule is OC1(CNC2CCN(Cc3ccccc3Cl)CC2)CCCC1. The average molecular weight is 323 g/mol. The Bertz CT molecular complexity index is 480. The molecule has 4 heteroatoms. The average Bonchev–Trinajstić information content (AvgIpc) is 2.96. The molecule has 1 aliphatic carbocycles. The van der Waals surface area contributed by atoms with E-state index in [1.54, 1.807) is 0 Å². The predicted octanol–water partition coefficient (Wildman–Crippen LogP) is 3.20. The molecule has 3 rings (SSSR count). The Morgan fingerprint density at radius 3 is 2.55 bits per heavy atom. The van der Waals surface area contributed by atoms with E-state index in [4.69, 9.17) is 11.6 Å². The Morgan fingerprint density at radius 1 is 1.18 bits per heavy atom. The number of nitrogens with one attached hydrogen (secondary N) is 1. The molecule has 122 valence electrons. The molecule has 1 saturated carbocycles.